The van der Waals surface area contributed by atoms with E-state index in [0.29, 0.717) is 13.0 Å². The van der Waals surface area contributed by atoms with Crippen LogP contribution in [-0.4, -0.2) is 46.6 Å². The number of aliphatic imine (C=N–C) groups is 1. The number of fused-ring (bicyclic) bond motifs is 3. The fourth-order valence-electron chi connectivity index (χ4n) is 2.85. The second-order valence-electron chi connectivity index (χ2n) is 4.73. The Balaban J connectivity index is 2.03. The highest BCUT2D eigenvalue weighted by molar-refractivity contribution is 9.07. The van der Waals surface area contributed by atoms with E-state index in [4.69, 9.17) is 0 Å². The van der Waals surface area contributed by atoms with Crippen LogP contribution in [-0.2, 0) is 4.79 Å². The first-order chi connectivity index (χ1) is 8.16. The fourth-order valence-corrected chi connectivity index (χ4v) is 3.45. The second kappa shape index (κ2) is 4.07. The van der Waals surface area contributed by atoms with Gasteiger partial charge in [0.1, 0.15) is 0 Å². The highest BCUT2D eigenvalue weighted by atomic mass is 79.9. The number of piperidine rings is 1. The van der Waals surface area contributed by atoms with Gasteiger partial charge in [-0.3, -0.25) is 18.6 Å². The van der Waals surface area contributed by atoms with E-state index in [1.807, 2.05) is 23.4 Å². The SMILES string of the molecule is CN1CC(=O)CC2=CN(Br)C3N=CCC=C3C21. The zero-order valence-electron chi connectivity index (χ0n) is 9.64. The minimum absolute atomic E-state index is 0.0492. The Morgan fingerprint density at radius 1 is 1.53 bits per heavy atom. The molecule has 0 radical (unpaired) electrons. The number of carbonyl (C=O) groups excluding carboxylic acids is 1. The minimum Gasteiger partial charge on any atom is -0.298 e. The first-order valence-corrected chi connectivity index (χ1v) is 6.46. The first-order valence-electron chi connectivity index (χ1n) is 5.75. The molecule has 0 aliphatic carbocycles. The lowest BCUT2D eigenvalue weighted by molar-refractivity contribution is -0.121. The number of hydrogen-bond donors (Lipinski definition) is 0. The maximum Gasteiger partial charge on any atom is 0.153 e. The van der Waals surface area contributed by atoms with E-state index in [9.17, 15) is 4.79 Å². The number of likely N-dealkylation sites (N-methyl/N-ethyl adjacent to an activating group) is 1. The lowest BCUT2D eigenvalue weighted by Crippen LogP contribution is -2.50. The Morgan fingerprint density at radius 2 is 2.35 bits per heavy atom. The topological polar surface area (TPSA) is 35.9 Å². The predicted molar refractivity (Wildman–Crippen MR) is 69.9 cm³/mol. The number of rotatable bonds is 0. The lowest BCUT2D eigenvalue weighted by atomic mass is 9.85. The molecule has 0 aromatic heterocycles. The summed E-state index contributed by atoms with van der Waals surface area (Å²) in [7, 11) is 2.01. The van der Waals surface area contributed by atoms with E-state index in [-0.39, 0.29) is 18.0 Å². The quantitative estimate of drug-likeness (QED) is 0.502. The van der Waals surface area contributed by atoms with Gasteiger partial charge in [0, 0.05) is 25.3 Å². The summed E-state index contributed by atoms with van der Waals surface area (Å²) in [6.07, 6.45) is 7.69. The summed E-state index contributed by atoms with van der Waals surface area (Å²) in [5.41, 5.74) is 2.46. The molecule has 0 spiro atoms. The number of halogens is 1. The van der Waals surface area contributed by atoms with Gasteiger partial charge >= 0.3 is 0 Å². The van der Waals surface area contributed by atoms with E-state index in [1.165, 1.54) is 11.1 Å². The highest BCUT2D eigenvalue weighted by Crippen LogP contribution is 2.37. The van der Waals surface area contributed by atoms with Crippen molar-refractivity contribution < 1.29 is 4.79 Å². The third-order valence-corrected chi connectivity index (χ3v) is 4.05. The number of ketones is 1. The minimum atomic E-state index is 0.0492. The van der Waals surface area contributed by atoms with Crippen LogP contribution in [0.1, 0.15) is 12.8 Å². The van der Waals surface area contributed by atoms with Gasteiger partial charge in [0.05, 0.1) is 28.7 Å². The summed E-state index contributed by atoms with van der Waals surface area (Å²) >= 11 is 3.50. The van der Waals surface area contributed by atoms with Gasteiger partial charge in [0.2, 0.25) is 0 Å². The van der Waals surface area contributed by atoms with Crippen LogP contribution in [0.25, 0.3) is 0 Å². The highest BCUT2D eigenvalue weighted by Gasteiger charge is 2.39. The predicted octanol–water partition coefficient (Wildman–Crippen LogP) is 1.50. The number of Topliss-reactive ketones (excluding diaryl/α,β-unsaturated/α-hetero) is 1. The Kier molecular flexibility index (Phi) is 2.67. The zero-order chi connectivity index (χ0) is 12.0. The van der Waals surface area contributed by atoms with Crippen LogP contribution < -0.4 is 0 Å². The third kappa shape index (κ3) is 1.77. The smallest absolute Gasteiger partial charge is 0.153 e. The maximum absolute atomic E-state index is 11.6. The summed E-state index contributed by atoms with van der Waals surface area (Å²) in [5, 5.41) is 0. The Bertz CT molecular complexity index is 455. The van der Waals surface area contributed by atoms with Crippen LogP contribution in [0.5, 0.6) is 0 Å². The van der Waals surface area contributed by atoms with Crippen LogP contribution >= 0.6 is 16.1 Å². The lowest BCUT2D eigenvalue weighted by Gasteiger charge is -2.43. The van der Waals surface area contributed by atoms with Crippen molar-refractivity contribution in [2.45, 2.75) is 25.0 Å². The molecular weight excluding hydrogens is 282 g/mol. The van der Waals surface area contributed by atoms with Crippen molar-refractivity contribution in [3.8, 4) is 0 Å². The molecule has 0 amide bonds. The van der Waals surface area contributed by atoms with Crippen molar-refractivity contribution in [2.24, 2.45) is 4.99 Å². The van der Waals surface area contributed by atoms with Gasteiger partial charge in [-0.15, -0.1) is 0 Å². The van der Waals surface area contributed by atoms with Gasteiger partial charge in [-0.25, -0.2) is 0 Å². The Labute approximate surface area is 109 Å². The summed E-state index contributed by atoms with van der Waals surface area (Å²) in [6.45, 7) is 0.540. The molecular formula is C12H14BrN3O. The van der Waals surface area contributed by atoms with Crippen molar-refractivity contribution in [2.75, 3.05) is 13.6 Å². The monoisotopic (exact) mass is 295 g/mol. The van der Waals surface area contributed by atoms with E-state index in [2.05, 4.69) is 32.1 Å². The van der Waals surface area contributed by atoms with Crippen LogP contribution in [0.15, 0.2) is 28.4 Å². The molecule has 2 unspecified atom stereocenters. The maximum atomic E-state index is 11.6. The van der Waals surface area contributed by atoms with Gasteiger partial charge in [-0.2, -0.15) is 0 Å². The molecule has 2 atom stereocenters. The molecule has 17 heavy (non-hydrogen) atoms. The number of dihydropyridines is 1. The van der Waals surface area contributed by atoms with E-state index in [0.717, 1.165) is 6.42 Å². The molecule has 1 saturated heterocycles. The fraction of sp³-hybridized carbons (Fsp3) is 0.500. The largest absolute Gasteiger partial charge is 0.298 e. The molecule has 3 aliphatic rings. The number of hydrogen-bond acceptors (Lipinski definition) is 4. The molecule has 3 aliphatic heterocycles. The van der Waals surface area contributed by atoms with Crippen molar-refractivity contribution in [1.29, 1.82) is 0 Å². The number of nitrogens with zero attached hydrogens (tertiary/aromatic N) is 3. The molecule has 0 bridgehead atoms. The standard InChI is InChI=1S/C12H14BrN3O/c1-15-7-9(17)5-8-6-16(13)12-10(11(8)15)3-2-4-14-12/h3-4,6,11-12H,2,5,7H2,1H3. The summed E-state index contributed by atoms with van der Waals surface area (Å²) in [6, 6.07) is 0.254. The van der Waals surface area contributed by atoms with Crippen LogP contribution in [0, 0.1) is 0 Å². The van der Waals surface area contributed by atoms with Crippen molar-refractivity contribution in [1.82, 2.24) is 8.83 Å². The summed E-state index contributed by atoms with van der Waals surface area (Å²) in [4.78, 5) is 18.3. The van der Waals surface area contributed by atoms with Gasteiger partial charge in [0.25, 0.3) is 0 Å². The Morgan fingerprint density at radius 3 is 3.18 bits per heavy atom. The van der Waals surface area contributed by atoms with Gasteiger partial charge in [-0.1, -0.05) is 6.08 Å². The third-order valence-electron chi connectivity index (χ3n) is 3.46. The Hall–Kier alpha value is -0.940. The van der Waals surface area contributed by atoms with Gasteiger partial charge in [0.15, 0.2) is 11.9 Å². The molecule has 0 aromatic rings. The normalized spacial score (nSPS) is 32.8. The first kappa shape index (κ1) is 11.2. The van der Waals surface area contributed by atoms with Crippen LogP contribution in [0.3, 0.4) is 0 Å². The number of likely N-dealkylation sites (tertiary alicyclic amines) is 1. The second-order valence-corrected chi connectivity index (χ2v) is 5.55. The van der Waals surface area contributed by atoms with E-state index >= 15 is 0 Å². The molecule has 3 heterocycles. The van der Waals surface area contributed by atoms with Crippen LogP contribution in [0.4, 0.5) is 0 Å². The van der Waals surface area contributed by atoms with E-state index < -0.39 is 0 Å². The molecule has 0 saturated carbocycles. The number of carbonyl (C=O) groups is 1. The number of allylic oxidation sites excluding steroid dienone is 1. The zero-order valence-corrected chi connectivity index (χ0v) is 11.2. The molecule has 3 rings (SSSR count). The molecule has 90 valence electrons. The van der Waals surface area contributed by atoms with Crippen molar-refractivity contribution in [3.05, 3.63) is 23.4 Å². The van der Waals surface area contributed by atoms with Crippen molar-refractivity contribution in [3.63, 3.8) is 0 Å². The summed E-state index contributed by atoms with van der Waals surface area (Å²) in [5.74, 6) is 0.286. The van der Waals surface area contributed by atoms with Gasteiger partial charge in [-0.05, 0) is 18.2 Å². The molecule has 4 nitrogen and oxygen atoms in total. The average molecular weight is 296 g/mol. The average Bonchev–Trinajstić information content (AvgIpc) is 2.28. The molecule has 0 aromatic carbocycles. The van der Waals surface area contributed by atoms with E-state index in [1.54, 1.807) is 0 Å². The molecule has 1 fully saturated rings. The van der Waals surface area contributed by atoms with Gasteiger partial charge < -0.3 is 0 Å². The molecule has 0 N–H and O–H groups in total. The van der Waals surface area contributed by atoms with Crippen molar-refractivity contribution >= 4 is 28.1 Å². The van der Waals surface area contributed by atoms with Crippen LogP contribution in [0.2, 0.25) is 0 Å². The molecule has 5 heteroatoms. The summed E-state index contributed by atoms with van der Waals surface area (Å²) < 4.78 is 1.92.